The number of benzene rings is 1. The zero-order valence-corrected chi connectivity index (χ0v) is 13.5. The normalized spacial score (nSPS) is 20.1. The maximum Gasteiger partial charge on any atom is 0.230 e. The van der Waals surface area contributed by atoms with Gasteiger partial charge in [0.2, 0.25) is 5.91 Å². The Balaban J connectivity index is 1.56. The van der Waals surface area contributed by atoms with E-state index in [2.05, 4.69) is 10.3 Å². The van der Waals surface area contributed by atoms with Crippen LogP contribution in [0.25, 0.3) is 10.9 Å². The number of amides is 1. The van der Waals surface area contributed by atoms with Gasteiger partial charge in [-0.05, 0) is 18.6 Å². The molecule has 22 heavy (non-hydrogen) atoms. The fourth-order valence-electron chi connectivity index (χ4n) is 2.45. The van der Waals surface area contributed by atoms with Crippen LogP contribution in [0, 0.1) is 0 Å². The first-order valence-corrected chi connectivity index (χ1v) is 9.81. The van der Waals surface area contributed by atoms with Gasteiger partial charge in [0.05, 0.1) is 27.8 Å². The highest BCUT2D eigenvalue weighted by Gasteiger charge is 2.28. The lowest BCUT2D eigenvalue weighted by atomic mass is 10.2. The molecule has 0 bridgehead atoms. The van der Waals surface area contributed by atoms with Crippen LogP contribution >= 0.6 is 11.8 Å². The number of nitrogens with one attached hydrogen (secondary N) is 1. The number of hydrogen-bond donors (Lipinski definition) is 1. The molecule has 3 rings (SSSR count). The number of carbonyl (C=O) groups is 1. The minimum atomic E-state index is -2.97. The van der Waals surface area contributed by atoms with Crippen molar-refractivity contribution in [3.63, 3.8) is 0 Å². The number of carbonyl (C=O) groups excluding carboxylic acids is 1. The van der Waals surface area contributed by atoms with Crippen LogP contribution < -0.4 is 5.32 Å². The van der Waals surface area contributed by atoms with Crippen LogP contribution in [-0.2, 0) is 14.6 Å². The van der Waals surface area contributed by atoms with Gasteiger partial charge in [-0.1, -0.05) is 36.0 Å². The number of thioether (sulfide) groups is 1. The molecule has 0 spiro atoms. The largest absolute Gasteiger partial charge is 0.352 e. The molecule has 1 aliphatic heterocycles. The van der Waals surface area contributed by atoms with Crippen LogP contribution in [0.1, 0.15) is 6.42 Å². The average molecular weight is 336 g/mol. The van der Waals surface area contributed by atoms with E-state index in [1.54, 1.807) is 0 Å². The molecule has 1 amide bonds. The Labute approximate surface area is 133 Å². The Morgan fingerprint density at radius 2 is 2.09 bits per heavy atom. The van der Waals surface area contributed by atoms with E-state index in [0.29, 0.717) is 6.42 Å². The summed E-state index contributed by atoms with van der Waals surface area (Å²) in [7, 11) is -2.97. The van der Waals surface area contributed by atoms with Gasteiger partial charge in [0.15, 0.2) is 9.84 Å². The Morgan fingerprint density at radius 3 is 2.86 bits per heavy atom. The smallest absolute Gasteiger partial charge is 0.230 e. The lowest BCUT2D eigenvalue weighted by Gasteiger charge is -2.10. The number of pyridine rings is 1. The van der Waals surface area contributed by atoms with Gasteiger partial charge in [-0.3, -0.25) is 4.79 Å². The monoisotopic (exact) mass is 336 g/mol. The van der Waals surface area contributed by atoms with Crippen LogP contribution in [-0.4, -0.2) is 42.6 Å². The summed E-state index contributed by atoms with van der Waals surface area (Å²) >= 11 is 1.35. The van der Waals surface area contributed by atoms with E-state index in [0.717, 1.165) is 15.9 Å². The number of fused-ring (bicyclic) bond motifs is 1. The molecule has 5 nitrogen and oxygen atoms in total. The molecule has 1 aromatic carbocycles. The van der Waals surface area contributed by atoms with Crippen molar-refractivity contribution >= 4 is 38.4 Å². The second-order valence-corrected chi connectivity index (χ2v) is 8.52. The van der Waals surface area contributed by atoms with Crippen molar-refractivity contribution in [2.24, 2.45) is 0 Å². The van der Waals surface area contributed by atoms with E-state index in [4.69, 9.17) is 0 Å². The summed E-state index contributed by atoms with van der Waals surface area (Å²) in [5, 5.41) is 4.62. The molecule has 1 aromatic heterocycles. The molecule has 0 unspecified atom stereocenters. The van der Waals surface area contributed by atoms with Crippen LogP contribution in [0.5, 0.6) is 0 Å². The molecule has 0 saturated carbocycles. The third kappa shape index (κ3) is 3.78. The lowest BCUT2D eigenvalue weighted by molar-refractivity contribution is -0.119. The highest BCUT2D eigenvalue weighted by atomic mass is 32.2. The van der Waals surface area contributed by atoms with E-state index in [1.807, 2.05) is 36.4 Å². The van der Waals surface area contributed by atoms with E-state index < -0.39 is 9.84 Å². The summed E-state index contributed by atoms with van der Waals surface area (Å²) < 4.78 is 22.7. The summed E-state index contributed by atoms with van der Waals surface area (Å²) in [6.07, 6.45) is 0.507. The third-order valence-electron chi connectivity index (χ3n) is 3.52. The van der Waals surface area contributed by atoms with Gasteiger partial charge in [0, 0.05) is 11.4 Å². The minimum Gasteiger partial charge on any atom is -0.352 e. The van der Waals surface area contributed by atoms with Gasteiger partial charge in [-0.25, -0.2) is 13.4 Å². The predicted molar refractivity (Wildman–Crippen MR) is 87.7 cm³/mol. The first kappa shape index (κ1) is 15.3. The van der Waals surface area contributed by atoms with E-state index in [-0.39, 0.29) is 29.2 Å². The van der Waals surface area contributed by atoms with Crippen LogP contribution in [0.4, 0.5) is 0 Å². The molecule has 1 fully saturated rings. The number of para-hydroxylation sites is 1. The molecule has 2 heterocycles. The number of aromatic nitrogens is 1. The van der Waals surface area contributed by atoms with Crippen molar-refractivity contribution in [1.82, 2.24) is 10.3 Å². The zero-order valence-electron chi connectivity index (χ0n) is 11.9. The van der Waals surface area contributed by atoms with Crippen molar-refractivity contribution in [1.29, 1.82) is 0 Å². The highest BCUT2D eigenvalue weighted by molar-refractivity contribution is 7.99. The number of nitrogens with zero attached hydrogens (tertiary/aromatic N) is 1. The molecular formula is C15H16N2O3S2. The maximum atomic E-state index is 11.9. The molecule has 1 N–H and O–H groups in total. The molecule has 116 valence electrons. The first-order chi connectivity index (χ1) is 10.5. The van der Waals surface area contributed by atoms with Crippen LogP contribution in [0.3, 0.4) is 0 Å². The second kappa shape index (κ2) is 6.26. The Kier molecular flexibility index (Phi) is 4.35. The molecule has 7 heteroatoms. The standard InChI is InChI=1S/C15H16N2O3S2/c18-14(16-12-7-8-22(19,20)10-12)9-21-15-6-5-11-3-1-2-4-13(11)17-15/h1-6,12H,7-10H2,(H,16,18)/t12-/m0/s1. The maximum absolute atomic E-state index is 11.9. The third-order valence-corrected chi connectivity index (χ3v) is 6.22. The molecule has 1 atom stereocenters. The van der Waals surface area contributed by atoms with E-state index >= 15 is 0 Å². The number of sulfone groups is 1. The van der Waals surface area contributed by atoms with Gasteiger partial charge in [0.25, 0.3) is 0 Å². The van der Waals surface area contributed by atoms with Crippen molar-refractivity contribution in [2.75, 3.05) is 17.3 Å². The van der Waals surface area contributed by atoms with Gasteiger partial charge >= 0.3 is 0 Å². The topological polar surface area (TPSA) is 76.1 Å². The SMILES string of the molecule is O=C(CSc1ccc2ccccc2n1)N[C@H]1CCS(=O)(=O)C1. The lowest BCUT2D eigenvalue weighted by Crippen LogP contribution is -2.36. The van der Waals surface area contributed by atoms with Crippen molar-refractivity contribution in [2.45, 2.75) is 17.5 Å². The van der Waals surface area contributed by atoms with Crippen molar-refractivity contribution < 1.29 is 13.2 Å². The summed E-state index contributed by atoms with van der Waals surface area (Å²) in [6, 6.07) is 11.4. The quantitative estimate of drug-likeness (QED) is 0.859. The van der Waals surface area contributed by atoms with Crippen molar-refractivity contribution in [3.8, 4) is 0 Å². The van der Waals surface area contributed by atoms with Crippen LogP contribution in [0.2, 0.25) is 0 Å². The van der Waals surface area contributed by atoms with E-state index in [9.17, 15) is 13.2 Å². The Bertz CT molecular complexity index is 805. The Morgan fingerprint density at radius 1 is 1.27 bits per heavy atom. The molecule has 0 aliphatic carbocycles. The molecule has 1 saturated heterocycles. The summed E-state index contributed by atoms with van der Waals surface area (Å²) in [5.41, 5.74) is 0.898. The number of hydrogen-bond acceptors (Lipinski definition) is 5. The number of rotatable bonds is 4. The van der Waals surface area contributed by atoms with E-state index in [1.165, 1.54) is 11.8 Å². The molecule has 2 aromatic rings. The van der Waals surface area contributed by atoms with Crippen LogP contribution in [0.15, 0.2) is 41.4 Å². The highest BCUT2D eigenvalue weighted by Crippen LogP contribution is 2.20. The van der Waals surface area contributed by atoms with Gasteiger partial charge in [-0.2, -0.15) is 0 Å². The zero-order chi connectivity index (χ0) is 15.6. The van der Waals surface area contributed by atoms with Gasteiger partial charge in [0.1, 0.15) is 0 Å². The summed E-state index contributed by atoms with van der Waals surface area (Å²) in [5.74, 6) is 0.304. The fourth-order valence-corrected chi connectivity index (χ4v) is 4.81. The molecule has 0 radical (unpaired) electrons. The first-order valence-electron chi connectivity index (χ1n) is 7.00. The molecule has 1 aliphatic rings. The molecular weight excluding hydrogens is 320 g/mol. The second-order valence-electron chi connectivity index (χ2n) is 5.30. The van der Waals surface area contributed by atoms with Gasteiger partial charge < -0.3 is 5.32 Å². The minimum absolute atomic E-state index is 0.0532. The average Bonchev–Trinajstić information content (AvgIpc) is 2.84. The summed E-state index contributed by atoms with van der Waals surface area (Å²) in [4.78, 5) is 16.4. The summed E-state index contributed by atoms with van der Waals surface area (Å²) in [6.45, 7) is 0. The fraction of sp³-hybridized carbons (Fsp3) is 0.333. The Hall–Kier alpha value is -1.60. The van der Waals surface area contributed by atoms with Crippen molar-refractivity contribution in [3.05, 3.63) is 36.4 Å². The van der Waals surface area contributed by atoms with Gasteiger partial charge in [-0.15, -0.1) is 0 Å². The predicted octanol–water partition coefficient (Wildman–Crippen LogP) is 1.63.